The molecule has 0 aliphatic rings. The van der Waals surface area contributed by atoms with Gasteiger partial charge in [-0.15, -0.1) is 0 Å². The zero-order valence-electron chi connectivity index (χ0n) is 22.0. The second kappa shape index (κ2) is 14.4. The molecule has 0 saturated heterocycles. The number of fused-ring (bicyclic) bond motifs is 2. The first-order valence-corrected chi connectivity index (χ1v) is 12.4. The van der Waals surface area contributed by atoms with E-state index >= 15 is 0 Å². The van der Waals surface area contributed by atoms with Gasteiger partial charge in [-0.25, -0.2) is 0 Å². The van der Waals surface area contributed by atoms with E-state index in [2.05, 4.69) is 14.5 Å². The van der Waals surface area contributed by atoms with E-state index < -0.39 is 11.9 Å². The average Bonchev–Trinajstić information content (AvgIpc) is 3.49. The maximum absolute atomic E-state index is 13.2. The van der Waals surface area contributed by atoms with Crippen LogP contribution < -0.4 is 4.74 Å². The van der Waals surface area contributed by atoms with Crippen LogP contribution in [0.5, 0.6) is 5.75 Å². The minimum absolute atomic E-state index is 0.0407. The first-order valence-electron chi connectivity index (χ1n) is 12.4. The number of benzene rings is 2. The molecule has 0 unspecified atom stereocenters. The van der Waals surface area contributed by atoms with E-state index in [1.807, 2.05) is 51.2 Å². The van der Waals surface area contributed by atoms with Gasteiger partial charge in [0.1, 0.15) is 12.0 Å². The van der Waals surface area contributed by atoms with Crippen molar-refractivity contribution in [2.45, 2.75) is 59.2 Å². The van der Waals surface area contributed by atoms with Crippen molar-refractivity contribution >= 4 is 28.2 Å². The minimum atomic E-state index is -4.56. The van der Waals surface area contributed by atoms with Crippen molar-refractivity contribution in [1.29, 1.82) is 0 Å². The molecule has 6 nitrogen and oxygen atoms in total. The van der Waals surface area contributed by atoms with Crippen molar-refractivity contribution in [1.82, 2.24) is 9.72 Å². The topological polar surface area (TPSA) is 66.5 Å². The number of hydrogen-bond donors (Lipinski definition) is 0. The molecule has 0 bridgehead atoms. The molecular weight excluding hydrogens is 485 g/mol. The summed E-state index contributed by atoms with van der Waals surface area (Å²) in [5, 5.41) is 4.28. The molecule has 37 heavy (non-hydrogen) atoms. The predicted octanol–water partition coefficient (Wildman–Crippen LogP) is 7.25. The van der Waals surface area contributed by atoms with E-state index in [9.17, 15) is 18.0 Å². The second-order valence-electron chi connectivity index (χ2n) is 8.08. The molecule has 0 radical (unpaired) electrons. The lowest BCUT2D eigenvalue weighted by molar-refractivity contribution is -0.141. The smallest absolute Gasteiger partial charge is 0.437 e. The molecule has 0 aliphatic heterocycles. The second-order valence-corrected chi connectivity index (χ2v) is 8.08. The number of rotatable bonds is 9. The Kier molecular flexibility index (Phi) is 11.7. The van der Waals surface area contributed by atoms with Crippen LogP contribution in [-0.4, -0.2) is 36.8 Å². The quantitative estimate of drug-likeness (QED) is 0.172. The fourth-order valence-electron chi connectivity index (χ4n) is 3.95. The minimum Gasteiger partial charge on any atom is -0.493 e. The number of halogens is 3. The van der Waals surface area contributed by atoms with E-state index in [-0.39, 0.29) is 11.0 Å². The Bertz CT molecular complexity index is 1260. The largest absolute Gasteiger partial charge is 0.493 e. The Morgan fingerprint density at radius 3 is 2.49 bits per heavy atom. The van der Waals surface area contributed by atoms with Gasteiger partial charge >= 0.3 is 6.18 Å². The van der Waals surface area contributed by atoms with Crippen molar-refractivity contribution < 1.29 is 32.0 Å². The third kappa shape index (κ3) is 7.58. The van der Waals surface area contributed by atoms with Gasteiger partial charge in [0.05, 0.1) is 12.0 Å². The molecule has 0 atom stereocenters. The molecule has 0 amide bonds. The lowest BCUT2D eigenvalue weighted by Crippen LogP contribution is -2.06. The number of nitrogens with zero attached hydrogens (tertiary/aromatic N) is 2. The highest BCUT2D eigenvalue weighted by Crippen LogP contribution is 2.38. The molecule has 0 aliphatic carbocycles. The standard InChI is InChI=1S/C24H23F3N2O3.C2H6O.C2H6/c1-2-4-18-21(8-6-19-22(18)32-28-23(19)24(25,26)27)31-14-3-11-29-12-9-17-15-16(10-13-30)5-7-20(17)29;1-3-2;1-2/h5-9,12-13,15H,2-4,10-11,14H2,1H3;1-2H3;1-2H3. The highest BCUT2D eigenvalue weighted by Gasteiger charge is 2.37. The Balaban J connectivity index is 0.000000898. The number of alkyl halides is 3. The summed E-state index contributed by atoms with van der Waals surface area (Å²) in [4.78, 5) is 10.7. The van der Waals surface area contributed by atoms with Crippen LogP contribution in [-0.2, 0) is 35.1 Å². The van der Waals surface area contributed by atoms with Crippen LogP contribution in [0.25, 0.3) is 21.9 Å². The van der Waals surface area contributed by atoms with Crippen molar-refractivity contribution in [2.24, 2.45) is 0 Å². The van der Waals surface area contributed by atoms with Crippen LogP contribution in [0.15, 0.2) is 47.1 Å². The lowest BCUT2D eigenvalue weighted by Gasteiger charge is -2.12. The Morgan fingerprint density at radius 1 is 1.11 bits per heavy atom. The predicted molar refractivity (Wildman–Crippen MR) is 139 cm³/mol. The van der Waals surface area contributed by atoms with Gasteiger partial charge in [0.25, 0.3) is 0 Å². The number of carbonyl (C=O) groups is 1. The van der Waals surface area contributed by atoms with Gasteiger partial charge < -0.3 is 23.4 Å². The molecule has 0 saturated carbocycles. The van der Waals surface area contributed by atoms with Crippen LogP contribution in [0.1, 0.15) is 50.4 Å². The molecule has 202 valence electrons. The number of aryl methyl sites for hydroxylation is 2. The van der Waals surface area contributed by atoms with E-state index in [0.717, 1.165) is 35.7 Å². The third-order valence-corrected chi connectivity index (χ3v) is 5.42. The van der Waals surface area contributed by atoms with Gasteiger partial charge in [0.15, 0.2) is 11.3 Å². The summed E-state index contributed by atoms with van der Waals surface area (Å²) >= 11 is 0. The van der Waals surface area contributed by atoms with Gasteiger partial charge in [0, 0.05) is 44.5 Å². The fraction of sp³-hybridized carbons (Fsp3) is 0.429. The maximum Gasteiger partial charge on any atom is 0.437 e. The highest BCUT2D eigenvalue weighted by molar-refractivity contribution is 5.85. The molecule has 9 heteroatoms. The number of carbonyl (C=O) groups excluding carboxylic acids is 1. The molecule has 2 heterocycles. The summed E-state index contributed by atoms with van der Waals surface area (Å²) in [6.07, 6.45) is 0.705. The van der Waals surface area contributed by atoms with Crippen molar-refractivity contribution in [3.63, 3.8) is 0 Å². The van der Waals surface area contributed by atoms with Gasteiger partial charge in [0.2, 0.25) is 0 Å². The van der Waals surface area contributed by atoms with Crippen molar-refractivity contribution in [2.75, 3.05) is 20.8 Å². The third-order valence-electron chi connectivity index (χ3n) is 5.42. The van der Waals surface area contributed by atoms with E-state index in [4.69, 9.17) is 9.26 Å². The van der Waals surface area contributed by atoms with Gasteiger partial charge in [-0.3, -0.25) is 0 Å². The zero-order valence-corrected chi connectivity index (χ0v) is 22.0. The van der Waals surface area contributed by atoms with E-state index in [1.54, 1.807) is 20.3 Å². The number of ether oxygens (including phenoxy) is 2. The normalized spacial score (nSPS) is 11.0. The molecule has 0 N–H and O–H groups in total. The Labute approximate surface area is 215 Å². The summed E-state index contributed by atoms with van der Waals surface area (Å²) in [6.45, 7) is 7.08. The van der Waals surface area contributed by atoms with Crippen LogP contribution >= 0.6 is 0 Å². The summed E-state index contributed by atoms with van der Waals surface area (Å²) < 4.78 is 56.8. The maximum atomic E-state index is 13.2. The molecule has 0 spiro atoms. The molecule has 4 rings (SSSR count). The van der Waals surface area contributed by atoms with Crippen molar-refractivity contribution in [3.8, 4) is 5.75 Å². The average molecular weight is 521 g/mol. The number of aromatic nitrogens is 2. The summed E-state index contributed by atoms with van der Waals surface area (Å²) in [7, 11) is 3.25. The first kappa shape index (κ1) is 29.9. The van der Waals surface area contributed by atoms with Crippen LogP contribution in [0, 0.1) is 0 Å². The van der Waals surface area contributed by atoms with Gasteiger partial charge in [-0.05, 0) is 54.1 Å². The fourth-order valence-corrected chi connectivity index (χ4v) is 3.95. The first-order chi connectivity index (χ1) is 17.8. The summed E-state index contributed by atoms with van der Waals surface area (Å²) in [5.74, 6) is 0.528. The summed E-state index contributed by atoms with van der Waals surface area (Å²) in [6, 6.07) is 10.9. The van der Waals surface area contributed by atoms with E-state index in [1.165, 1.54) is 6.07 Å². The van der Waals surface area contributed by atoms with Crippen molar-refractivity contribution in [3.05, 3.63) is 59.4 Å². The Hall–Kier alpha value is -3.33. The highest BCUT2D eigenvalue weighted by atomic mass is 19.4. The van der Waals surface area contributed by atoms with Gasteiger partial charge in [-0.1, -0.05) is 38.4 Å². The SMILES string of the molecule is CC.CCCc1c(OCCCn2ccc3cc(CC=O)ccc32)ccc2c(C(F)(F)F)noc12.COC. The summed E-state index contributed by atoms with van der Waals surface area (Å²) in [5.41, 5.74) is 1.80. The van der Waals surface area contributed by atoms with Crippen LogP contribution in [0.2, 0.25) is 0 Å². The van der Waals surface area contributed by atoms with E-state index in [0.29, 0.717) is 37.2 Å². The molecule has 2 aromatic heterocycles. The Morgan fingerprint density at radius 2 is 1.84 bits per heavy atom. The zero-order chi connectivity index (χ0) is 27.4. The molecular formula is C28H35F3N2O4. The monoisotopic (exact) mass is 520 g/mol. The van der Waals surface area contributed by atoms with Crippen LogP contribution in [0.4, 0.5) is 13.2 Å². The molecule has 4 aromatic rings. The van der Waals surface area contributed by atoms with Crippen LogP contribution in [0.3, 0.4) is 0 Å². The number of methoxy groups -OCH3 is 1. The number of aldehydes is 1. The lowest BCUT2D eigenvalue weighted by atomic mass is 10.0. The molecule has 2 aromatic carbocycles. The molecule has 0 fully saturated rings. The number of hydrogen-bond acceptors (Lipinski definition) is 5. The van der Waals surface area contributed by atoms with Gasteiger partial charge in [-0.2, -0.15) is 13.2 Å².